The van der Waals surface area contributed by atoms with Gasteiger partial charge >= 0.3 is 106 Å². The van der Waals surface area contributed by atoms with Gasteiger partial charge in [-0.3, -0.25) is 4.72 Å². The number of hydrogen-bond acceptors (Lipinski definition) is 22. The summed E-state index contributed by atoms with van der Waals surface area (Å²) in [4.78, 5) is 45.2. The fourth-order valence-corrected chi connectivity index (χ4v) is 11.2. The van der Waals surface area contributed by atoms with Crippen molar-refractivity contribution in [1.82, 2.24) is 54.8 Å². The smallest absolute Gasteiger partial charge is 0.744 e. The van der Waals surface area contributed by atoms with Gasteiger partial charge in [0.25, 0.3) is 10.0 Å². The topological polar surface area (TPSA) is 400 Å². The summed E-state index contributed by atoms with van der Waals surface area (Å²) >= 11 is 5.92. The Bertz CT molecular complexity index is 4530. The molecular weight excluding hydrogens is 1160 g/mol. The van der Waals surface area contributed by atoms with Gasteiger partial charge < -0.3 is 54.6 Å². The van der Waals surface area contributed by atoms with E-state index in [0.29, 0.717) is 5.69 Å². The summed E-state index contributed by atoms with van der Waals surface area (Å²) in [5.41, 5.74) is 3.90. The number of fused-ring (bicyclic) bond motifs is 20. The number of nitrogen functional groups attached to an aromatic ring is 1. The molecule has 2 aliphatic heterocycles. The minimum Gasteiger partial charge on any atom is -0.744 e. The molecule has 11 rings (SSSR count). The zero-order valence-electron chi connectivity index (χ0n) is 38.0. The van der Waals surface area contributed by atoms with Gasteiger partial charge in [-0.05, 0) is 76.3 Å². The summed E-state index contributed by atoms with van der Waals surface area (Å²) < 4.78 is 145. The molecule has 6 heterocycles. The maximum absolute atomic E-state index is 14.6. The second-order valence-electron chi connectivity index (χ2n) is 15.2. The van der Waals surface area contributed by atoms with Crippen molar-refractivity contribution < 1.29 is 153 Å². The summed E-state index contributed by atoms with van der Waals surface area (Å²) in [6, 6.07) is 20.2. The molecule has 365 valence electrons. The molecule has 4 aromatic heterocycles. The maximum Gasteiger partial charge on any atom is 2.00 e. The van der Waals surface area contributed by atoms with Crippen LogP contribution in [0.25, 0.3) is 89.7 Å². The van der Waals surface area contributed by atoms with E-state index in [0.717, 1.165) is 24.3 Å². The first-order valence-corrected chi connectivity index (χ1v) is 25.9. The third kappa shape index (κ3) is 11.0. The van der Waals surface area contributed by atoms with E-state index in [1.165, 1.54) is 66.7 Å². The van der Waals surface area contributed by atoms with E-state index in [4.69, 9.17) is 17.3 Å². The second-order valence-corrected chi connectivity index (χ2v) is 21.3. The van der Waals surface area contributed by atoms with E-state index in [-0.39, 0.29) is 207 Å². The first kappa shape index (κ1) is 58.1. The summed E-state index contributed by atoms with van der Waals surface area (Å²) in [6.07, 6.45) is 0. The normalized spacial score (nSPS) is 12.1. The van der Waals surface area contributed by atoms with E-state index in [9.17, 15) is 47.3 Å². The van der Waals surface area contributed by atoms with Crippen LogP contribution in [0.15, 0.2) is 117 Å². The van der Waals surface area contributed by atoms with Gasteiger partial charge in [0.2, 0.25) is 17.2 Å². The predicted molar refractivity (Wildman–Crippen MR) is 248 cm³/mol. The zero-order chi connectivity index (χ0) is 49.9. The Kier molecular flexibility index (Phi) is 16.5. The molecule has 2 aliphatic rings. The van der Waals surface area contributed by atoms with E-state index in [2.05, 4.69) is 64.9 Å². The van der Waals surface area contributed by atoms with Crippen LogP contribution in [0.1, 0.15) is 0 Å². The molecule has 4 N–H and O–H groups in total. The Morgan fingerprint density at radius 1 is 0.493 bits per heavy atom. The van der Waals surface area contributed by atoms with Crippen LogP contribution in [0.2, 0.25) is 5.28 Å². The molecule has 8 bridgehead atoms. The summed E-state index contributed by atoms with van der Waals surface area (Å²) in [5, 5.41) is 2.12. The summed E-state index contributed by atoms with van der Waals surface area (Å²) in [7, 11) is -20.3. The number of sulfonamides is 1. The van der Waals surface area contributed by atoms with Crippen LogP contribution in [0.4, 0.5) is 23.3 Å². The number of nitrogens with one attached hydrogen (secondary N) is 2. The maximum atomic E-state index is 14.6. The number of nitrogens with two attached hydrogens (primary N) is 1. The first-order chi connectivity index (χ1) is 33.6. The van der Waals surface area contributed by atoms with E-state index >= 15 is 0 Å². The number of nitrogens with zero attached hydrogens (tertiary/aromatic N) is 11. The molecule has 0 aliphatic carbocycles. The van der Waals surface area contributed by atoms with Crippen LogP contribution >= 0.6 is 11.6 Å². The molecular formula is C41H20ClCuN14Na3O11S4. The fourth-order valence-electron chi connectivity index (χ4n) is 7.90. The van der Waals surface area contributed by atoms with Crippen molar-refractivity contribution in [2.24, 2.45) is 0 Å². The zero-order valence-corrected chi connectivity index (χ0v) is 49.0. The molecule has 0 saturated heterocycles. The number of halogens is 1. The van der Waals surface area contributed by atoms with Crippen molar-refractivity contribution in [1.29, 1.82) is 0 Å². The Morgan fingerprint density at radius 3 is 1.64 bits per heavy atom. The van der Waals surface area contributed by atoms with Crippen molar-refractivity contribution in [3.8, 4) is 45.6 Å². The standard InChI is InChI=1S/C41H23ClN14O11S4.Cu.3Na/c42-39-53-40(43)55-41(54-39)44-17-5-1-6-18(15-17)56-68(57,58)25-10-2-7-21-28(25)36-47-31-20-14-13-19(69(59,60)61)16-24(20)35(45-31)46-32-22-8-3-11-26(70(62,63)64)29(22)37(48-32)51-34-23-9-4-12-27(71(65,66)67)30(23)38(52-34)50-33(21)49-36;;;;/h1-16,56H,(H6-2,43,44,45,46,47,48,49,50,51,52,53,54,55,59,60,61,62,63,64,65,66,67);;;;/q-2;+2;3*+1/p-3. The van der Waals surface area contributed by atoms with E-state index < -0.39 is 71.4 Å². The van der Waals surface area contributed by atoms with Crippen molar-refractivity contribution in [3.05, 3.63) is 102 Å². The quantitative estimate of drug-likeness (QED) is 0.0945. The van der Waals surface area contributed by atoms with Crippen molar-refractivity contribution in [3.63, 3.8) is 0 Å². The van der Waals surface area contributed by atoms with Gasteiger partial charge in [-0.15, -0.1) is 0 Å². The molecule has 0 atom stereocenters. The second kappa shape index (κ2) is 21.3. The largest absolute Gasteiger partial charge is 2.00 e. The molecule has 25 nitrogen and oxygen atoms in total. The SMILES string of the molecule is Nc1nc(Cl)nc(Nc2cccc(NS(=O)(=O)c3cccc4c3-c3nc-4nc4[n-]c(nc5nc(nc6[n-]c(n3)c3ccc(S(=O)(=O)[O-])cc63)-c3cccc(S(=O)(=O)[O-])c3-5)c3cccc(S(=O)(=O)[O-])c43)c2)n1.[Cu+2].[Na+].[Na+].[Na+]. The molecule has 0 unspecified atom stereocenters. The van der Waals surface area contributed by atoms with Crippen LogP contribution in [-0.4, -0.2) is 92.2 Å². The number of rotatable bonds is 8. The van der Waals surface area contributed by atoms with Crippen molar-refractivity contribution in [2.45, 2.75) is 19.6 Å². The fraction of sp³-hybridized carbons (Fsp3) is 0. The number of hydrogen-bond donors (Lipinski definition) is 3. The van der Waals surface area contributed by atoms with Gasteiger partial charge in [0.05, 0.1) is 48.6 Å². The number of anilines is 4. The molecule has 5 aromatic carbocycles. The Balaban J connectivity index is 0.00000205. The van der Waals surface area contributed by atoms with Crippen LogP contribution < -0.4 is 114 Å². The van der Waals surface area contributed by atoms with Gasteiger partial charge in [0, 0.05) is 55.9 Å². The molecule has 34 heteroatoms. The van der Waals surface area contributed by atoms with Crippen LogP contribution in [0, 0.1) is 0 Å². The monoisotopic (exact) mass is 1180 g/mol. The minimum atomic E-state index is -5.30. The number of benzene rings is 5. The molecule has 75 heavy (non-hydrogen) atoms. The molecule has 1 radical (unpaired) electrons. The van der Waals surface area contributed by atoms with Crippen molar-refractivity contribution >= 4 is 119 Å². The third-order valence-electron chi connectivity index (χ3n) is 10.8. The van der Waals surface area contributed by atoms with Gasteiger partial charge in [-0.1, -0.05) is 48.5 Å². The average molecular weight is 1180 g/mol. The van der Waals surface area contributed by atoms with E-state index in [1.807, 2.05) is 0 Å². The third-order valence-corrected chi connectivity index (χ3v) is 14.9. The molecule has 0 saturated carbocycles. The molecule has 9 aromatic rings. The van der Waals surface area contributed by atoms with Gasteiger partial charge in [-0.25, -0.2) is 43.6 Å². The van der Waals surface area contributed by atoms with Gasteiger partial charge in [0.15, 0.2) is 0 Å². The Morgan fingerprint density at radius 2 is 1.01 bits per heavy atom. The van der Waals surface area contributed by atoms with Crippen molar-refractivity contribution in [2.75, 3.05) is 15.8 Å². The van der Waals surface area contributed by atoms with Crippen LogP contribution in [0.5, 0.6) is 0 Å². The molecule has 0 spiro atoms. The molecule has 0 fully saturated rings. The van der Waals surface area contributed by atoms with Gasteiger partial charge in [-0.2, -0.15) is 15.0 Å². The van der Waals surface area contributed by atoms with E-state index in [1.54, 1.807) is 6.07 Å². The van der Waals surface area contributed by atoms with Gasteiger partial charge in [0.1, 0.15) is 30.4 Å². The average Bonchev–Trinajstić information content (AvgIpc) is 4.03. The summed E-state index contributed by atoms with van der Waals surface area (Å²) in [6.45, 7) is 0. The van der Waals surface area contributed by atoms with Crippen LogP contribution in [0.3, 0.4) is 0 Å². The minimum absolute atomic E-state index is 0. The first-order valence-electron chi connectivity index (χ1n) is 19.8. The predicted octanol–water partition coefficient (Wildman–Crippen LogP) is -5.19. The number of aromatic nitrogens is 11. The Hall–Kier alpha value is -4.64. The molecule has 0 amide bonds. The summed E-state index contributed by atoms with van der Waals surface area (Å²) in [5.74, 6) is -1.74. The van der Waals surface area contributed by atoms with Crippen LogP contribution in [-0.2, 0) is 57.4 Å². The Labute approximate surface area is 504 Å².